The quantitative estimate of drug-likeness (QED) is 0.819. The summed E-state index contributed by atoms with van der Waals surface area (Å²) in [5.74, 6) is 0. The minimum atomic E-state index is -0.483. The average Bonchev–Trinajstić information content (AvgIpc) is 2.24. The van der Waals surface area contributed by atoms with Crippen molar-refractivity contribution >= 4 is 11.8 Å². The Bertz CT molecular complexity index is 357. The van der Waals surface area contributed by atoms with Gasteiger partial charge in [-0.05, 0) is 39.8 Å². The van der Waals surface area contributed by atoms with Crippen molar-refractivity contribution in [3.8, 4) is 0 Å². The van der Waals surface area contributed by atoms with Crippen LogP contribution in [-0.2, 0) is 4.74 Å². The van der Waals surface area contributed by atoms with Crippen LogP contribution in [0, 0.1) is 0 Å². The molecule has 0 radical (unpaired) electrons. The summed E-state index contributed by atoms with van der Waals surface area (Å²) < 4.78 is 5.29. The lowest BCUT2D eigenvalue weighted by atomic mass is 10.2. The first-order valence-corrected chi connectivity index (χ1v) is 5.74. The van der Waals surface area contributed by atoms with Crippen molar-refractivity contribution < 1.29 is 9.53 Å². The highest BCUT2D eigenvalue weighted by molar-refractivity contribution is 5.70. The van der Waals surface area contributed by atoms with E-state index >= 15 is 0 Å². The maximum atomic E-state index is 11.8. The smallest absolute Gasteiger partial charge is 0.429 e. The lowest BCUT2D eigenvalue weighted by Gasteiger charge is -2.27. The third-order valence-electron chi connectivity index (χ3n) is 1.97. The van der Waals surface area contributed by atoms with E-state index in [2.05, 4.69) is 5.43 Å². The molecule has 0 aliphatic rings. The molecule has 17 heavy (non-hydrogen) atoms. The van der Waals surface area contributed by atoms with Crippen molar-refractivity contribution in [2.45, 2.75) is 33.3 Å². The number of carbonyl (C=O) groups is 1. The van der Waals surface area contributed by atoms with Crippen LogP contribution in [0.4, 0.5) is 10.5 Å². The number of para-hydroxylation sites is 1. The van der Waals surface area contributed by atoms with Crippen LogP contribution in [0.1, 0.15) is 27.7 Å². The van der Waals surface area contributed by atoms with Gasteiger partial charge < -0.3 is 4.74 Å². The lowest BCUT2D eigenvalue weighted by molar-refractivity contribution is 0.0306. The molecular formula is C13H20N2O2. The molecule has 0 atom stereocenters. The average molecular weight is 236 g/mol. The van der Waals surface area contributed by atoms with Crippen LogP contribution < -0.4 is 5.43 Å². The Balaban J connectivity index is 2.63. The van der Waals surface area contributed by atoms with E-state index in [4.69, 9.17) is 4.74 Å². The molecule has 0 spiro atoms. The first-order chi connectivity index (χ1) is 7.92. The van der Waals surface area contributed by atoms with E-state index in [1.165, 1.54) is 5.01 Å². The van der Waals surface area contributed by atoms with Crippen LogP contribution in [0.2, 0.25) is 0 Å². The van der Waals surface area contributed by atoms with E-state index in [1.807, 2.05) is 58.0 Å². The Hall–Kier alpha value is -1.71. The van der Waals surface area contributed by atoms with Gasteiger partial charge in [0, 0.05) is 6.54 Å². The molecule has 0 saturated heterocycles. The van der Waals surface area contributed by atoms with Gasteiger partial charge in [0.1, 0.15) is 5.60 Å². The second kappa shape index (κ2) is 5.57. The van der Waals surface area contributed by atoms with E-state index in [0.717, 1.165) is 5.69 Å². The summed E-state index contributed by atoms with van der Waals surface area (Å²) in [6.07, 6.45) is -0.371. The minimum absolute atomic E-state index is 0.371. The van der Waals surface area contributed by atoms with Gasteiger partial charge in [0.25, 0.3) is 0 Å². The molecule has 1 N–H and O–H groups in total. The molecule has 0 heterocycles. The standard InChI is InChI=1S/C13H20N2O2/c1-5-15(12(16)17-13(2,3)4)14-11-9-7-6-8-10-11/h6-10,14H,5H2,1-4H3. The van der Waals surface area contributed by atoms with E-state index in [9.17, 15) is 4.79 Å². The number of carbonyl (C=O) groups excluding carboxylic acids is 1. The molecule has 0 unspecified atom stereocenters. The Morgan fingerprint density at radius 1 is 1.29 bits per heavy atom. The molecule has 1 rings (SSSR count). The number of anilines is 1. The maximum Gasteiger partial charge on any atom is 0.429 e. The van der Waals surface area contributed by atoms with Gasteiger partial charge in [-0.2, -0.15) is 0 Å². The SMILES string of the molecule is CCN(Nc1ccccc1)C(=O)OC(C)(C)C. The van der Waals surface area contributed by atoms with Gasteiger partial charge in [-0.1, -0.05) is 18.2 Å². The van der Waals surface area contributed by atoms with Crippen LogP contribution in [0.25, 0.3) is 0 Å². The molecule has 0 aromatic heterocycles. The van der Waals surface area contributed by atoms with Crippen LogP contribution in [0.3, 0.4) is 0 Å². The van der Waals surface area contributed by atoms with Crippen molar-refractivity contribution in [3.05, 3.63) is 30.3 Å². The molecular weight excluding hydrogens is 216 g/mol. The zero-order valence-electron chi connectivity index (χ0n) is 10.9. The van der Waals surface area contributed by atoms with Gasteiger partial charge in [-0.3, -0.25) is 5.43 Å². The Morgan fingerprint density at radius 2 is 1.88 bits per heavy atom. The number of ether oxygens (including phenoxy) is 1. The first kappa shape index (κ1) is 13.4. The number of nitrogens with one attached hydrogen (secondary N) is 1. The normalized spacial score (nSPS) is 10.8. The van der Waals surface area contributed by atoms with Crippen LogP contribution in [0.5, 0.6) is 0 Å². The molecule has 0 bridgehead atoms. The summed E-state index contributed by atoms with van der Waals surface area (Å²) >= 11 is 0. The van der Waals surface area contributed by atoms with Crippen molar-refractivity contribution in [2.75, 3.05) is 12.0 Å². The van der Waals surface area contributed by atoms with Gasteiger partial charge in [-0.15, -0.1) is 0 Å². The third-order valence-corrected chi connectivity index (χ3v) is 1.97. The van der Waals surface area contributed by atoms with Gasteiger partial charge in [0.05, 0.1) is 5.69 Å². The zero-order valence-corrected chi connectivity index (χ0v) is 10.9. The fourth-order valence-corrected chi connectivity index (χ4v) is 1.24. The van der Waals surface area contributed by atoms with Crippen molar-refractivity contribution in [1.82, 2.24) is 5.01 Å². The second-order valence-electron chi connectivity index (χ2n) is 4.70. The summed E-state index contributed by atoms with van der Waals surface area (Å²) in [7, 11) is 0. The van der Waals surface area contributed by atoms with Crippen LogP contribution >= 0.6 is 0 Å². The highest BCUT2D eigenvalue weighted by atomic mass is 16.6. The third kappa shape index (κ3) is 4.76. The highest BCUT2D eigenvalue weighted by Crippen LogP contribution is 2.12. The number of hydrogen-bond acceptors (Lipinski definition) is 3. The number of amides is 1. The first-order valence-electron chi connectivity index (χ1n) is 5.74. The number of benzene rings is 1. The van der Waals surface area contributed by atoms with E-state index in [1.54, 1.807) is 0 Å². The van der Waals surface area contributed by atoms with E-state index in [-0.39, 0.29) is 6.09 Å². The molecule has 1 amide bonds. The summed E-state index contributed by atoms with van der Waals surface area (Å²) in [5, 5.41) is 1.45. The highest BCUT2D eigenvalue weighted by Gasteiger charge is 2.20. The van der Waals surface area contributed by atoms with Crippen LogP contribution in [0.15, 0.2) is 30.3 Å². The molecule has 0 fully saturated rings. The van der Waals surface area contributed by atoms with E-state index in [0.29, 0.717) is 6.54 Å². The summed E-state index contributed by atoms with van der Waals surface area (Å²) in [4.78, 5) is 11.8. The lowest BCUT2D eigenvalue weighted by Crippen LogP contribution is -2.40. The van der Waals surface area contributed by atoms with E-state index < -0.39 is 5.60 Å². The molecule has 1 aromatic carbocycles. The number of hydrazine groups is 1. The predicted octanol–water partition coefficient (Wildman–Crippen LogP) is 3.27. The summed E-state index contributed by atoms with van der Waals surface area (Å²) in [6.45, 7) is 7.97. The topological polar surface area (TPSA) is 41.6 Å². The predicted molar refractivity (Wildman–Crippen MR) is 68.7 cm³/mol. The maximum absolute atomic E-state index is 11.8. The molecule has 1 aromatic rings. The Kier molecular flexibility index (Phi) is 4.37. The van der Waals surface area contributed by atoms with Crippen molar-refractivity contribution in [2.24, 2.45) is 0 Å². The summed E-state index contributed by atoms with van der Waals surface area (Å²) in [5.41, 5.74) is 3.39. The molecule has 4 nitrogen and oxygen atoms in total. The van der Waals surface area contributed by atoms with Crippen molar-refractivity contribution in [3.63, 3.8) is 0 Å². The number of rotatable bonds is 3. The van der Waals surface area contributed by atoms with Crippen LogP contribution in [-0.4, -0.2) is 23.2 Å². The zero-order chi connectivity index (χ0) is 12.9. The molecule has 4 heteroatoms. The monoisotopic (exact) mass is 236 g/mol. The second-order valence-corrected chi connectivity index (χ2v) is 4.70. The fourth-order valence-electron chi connectivity index (χ4n) is 1.24. The van der Waals surface area contributed by atoms with Gasteiger partial charge in [-0.25, -0.2) is 9.80 Å². The molecule has 94 valence electrons. The minimum Gasteiger partial charge on any atom is -0.442 e. The Labute approximate surface area is 103 Å². The summed E-state index contributed by atoms with van der Waals surface area (Å²) in [6, 6.07) is 9.53. The van der Waals surface area contributed by atoms with Gasteiger partial charge in [0.15, 0.2) is 0 Å². The molecule has 0 aliphatic heterocycles. The number of nitrogens with zero attached hydrogens (tertiary/aromatic N) is 1. The molecule has 0 saturated carbocycles. The fraction of sp³-hybridized carbons (Fsp3) is 0.462. The number of hydrogen-bond donors (Lipinski definition) is 1. The van der Waals surface area contributed by atoms with Crippen molar-refractivity contribution in [1.29, 1.82) is 0 Å². The largest absolute Gasteiger partial charge is 0.442 e. The van der Waals surface area contributed by atoms with Gasteiger partial charge in [0.2, 0.25) is 0 Å². The van der Waals surface area contributed by atoms with Gasteiger partial charge >= 0.3 is 6.09 Å². The Morgan fingerprint density at radius 3 is 2.35 bits per heavy atom. The molecule has 0 aliphatic carbocycles.